The SMILES string of the molecule is CCc1cccc(-c2cnc(C(=O)O)c(C)c2)c1.S. The highest BCUT2D eigenvalue weighted by molar-refractivity contribution is 7.59. The summed E-state index contributed by atoms with van der Waals surface area (Å²) in [6.45, 7) is 3.87. The quantitative estimate of drug-likeness (QED) is 0.933. The van der Waals surface area contributed by atoms with Crippen molar-refractivity contribution >= 4 is 19.5 Å². The van der Waals surface area contributed by atoms with Crippen LogP contribution in [0.5, 0.6) is 0 Å². The Kier molecular flexibility index (Phi) is 5.12. The van der Waals surface area contributed by atoms with Gasteiger partial charge >= 0.3 is 5.97 Å². The van der Waals surface area contributed by atoms with E-state index < -0.39 is 5.97 Å². The minimum atomic E-state index is -0.985. The first-order valence-electron chi connectivity index (χ1n) is 5.91. The Labute approximate surface area is 119 Å². The fourth-order valence-electron chi connectivity index (χ4n) is 1.93. The van der Waals surface area contributed by atoms with E-state index in [9.17, 15) is 4.79 Å². The second kappa shape index (κ2) is 6.38. The Morgan fingerprint density at radius 2 is 2.00 bits per heavy atom. The zero-order chi connectivity index (χ0) is 13.1. The number of aryl methyl sites for hydroxylation is 2. The van der Waals surface area contributed by atoms with Crippen molar-refractivity contribution in [2.75, 3.05) is 0 Å². The van der Waals surface area contributed by atoms with Crippen molar-refractivity contribution in [2.45, 2.75) is 20.3 Å². The van der Waals surface area contributed by atoms with E-state index in [0.717, 1.165) is 17.5 Å². The number of carbonyl (C=O) groups is 1. The molecule has 100 valence electrons. The van der Waals surface area contributed by atoms with Gasteiger partial charge in [-0.25, -0.2) is 9.78 Å². The molecule has 3 nitrogen and oxygen atoms in total. The van der Waals surface area contributed by atoms with Gasteiger partial charge in [-0.3, -0.25) is 0 Å². The Morgan fingerprint density at radius 3 is 2.58 bits per heavy atom. The lowest BCUT2D eigenvalue weighted by atomic mass is 10.0. The van der Waals surface area contributed by atoms with Crippen LogP contribution < -0.4 is 0 Å². The number of aromatic carboxylic acids is 1. The molecule has 19 heavy (non-hydrogen) atoms. The molecule has 0 bridgehead atoms. The topological polar surface area (TPSA) is 50.2 Å². The molecule has 4 heteroatoms. The standard InChI is InChI=1S/C15H15NO2.H2S/c1-3-11-5-4-6-12(8-11)13-7-10(2)14(15(17)18)16-9-13;/h4-9H,3H2,1-2H3,(H,17,18);1H2. The van der Waals surface area contributed by atoms with Crippen LogP contribution in [0.25, 0.3) is 11.1 Å². The van der Waals surface area contributed by atoms with E-state index in [4.69, 9.17) is 5.11 Å². The highest BCUT2D eigenvalue weighted by Crippen LogP contribution is 2.22. The van der Waals surface area contributed by atoms with E-state index in [0.29, 0.717) is 5.56 Å². The van der Waals surface area contributed by atoms with Crippen molar-refractivity contribution in [3.8, 4) is 11.1 Å². The highest BCUT2D eigenvalue weighted by Gasteiger charge is 2.09. The van der Waals surface area contributed by atoms with Crippen molar-refractivity contribution in [1.29, 1.82) is 0 Å². The predicted octanol–water partition coefficient (Wildman–Crippen LogP) is 3.43. The molecule has 0 atom stereocenters. The monoisotopic (exact) mass is 275 g/mol. The van der Waals surface area contributed by atoms with E-state index in [2.05, 4.69) is 24.0 Å². The number of rotatable bonds is 3. The molecular weight excluding hydrogens is 258 g/mol. The number of nitrogens with zero attached hydrogens (tertiary/aromatic N) is 1. The van der Waals surface area contributed by atoms with Crippen LogP contribution in [-0.2, 0) is 6.42 Å². The van der Waals surface area contributed by atoms with Gasteiger partial charge in [0.05, 0.1) is 0 Å². The summed E-state index contributed by atoms with van der Waals surface area (Å²) in [7, 11) is 0. The van der Waals surface area contributed by atoms with E-state index in [1.54, 1.807) is 13.1 Å². The van der Waals surface area contributed by atoms with Crippen LogP contribution in [0.3, 0.4) is 0 Å². The first kappa shape index (κ1) is 15.2. The molecule has 2 rings (SSSR count). The van der Waals surface area contributed by atoms with Gasteiger partial charge in [-0.05, 0) is 36.1 Å². The average molecular weight is 275 g/mol. The smallest absolute Gasteiger partial charge is 0.354 e. The molecule has 0 aliphatic rings. The molecule has 0 radical (unpaired) electrons. The minimum absolute atomic E-state index is 0. The molecule has 1 aromatic heterocycles. The number of carboxylic acids is 1. The third-order valence-electron chi connectivity index (χ3n) is 2.95. The fourth-order valence-corrected chi connectivity index (χ4v) is 1.93. The summed E-state index contributed by atoms with van der Waals surface area (Å²) in [6, 6.07) is 10.1. The fraction of sp³-hybridized carbons (Fsp3) is 0.200. The van der Waals surface area contributed by atoms with Gasteiger partial charge < -0.3 is 5.11 Å². The number of carboxylic acid groups (broad SMARTS) is 1. The molecule has 0 saturated heterocycles. The maximum Gasteiger partial charge on any atom is 0.354 e. The molecule has 0 fully saturated rings. The molecule has 0 spiro atoms. The van der Waals surface area contributed by atoms with Gasteiger partial charge in [-0.15, -0.1) is 0 Å². The average Bonchev–Trinajstić information content (AvgIpc) is 2.38. The summed E-state index contributed by atoms with van der Waals surface area (Å²) in [5.74, 6) is -0.985. The maximum absolute atomic E-state index is 10.9. The molecular formula is C15H17NO2S. The molecule has 0 saturated carbocycles. The highest BCUT2D eigenvalue weighted by atomic mass is 32.1. The Balaban J connectivity index is 0.00000180. The molecule has 0 aliphatic carbocycles. The van der Waals surface area contributed by atoms with Crippen molar-refractivity contribution in [3.63, 3.8) is 0 Å². The summed E-state index contributed by atoms with van der Waals surface area (Å²) in [4.78, 5) is 14.9. The second-order valence-electron chi connectivity index (χ2n) is 4.25. The molecule has 2 aromatic rings. The van der Waals surface area contributed by atoms with Crippen LogP contribution in [0.15, 0.2) is 36.5 Å². The van der Waals surface area contributed by atoms with E-state index in [1.165, 1.54) is 5.56 Å². The van der Waals surface area contributed by atoms with E-state index in [-0.39, 0.29) is 19.2 Å². The van der Waals surface area contributed by atoms with Crippen molar-refractivity contribution in [2.24, 2.45) is 0 Å². The molecule has 0 aliphatic heterocycles. The number of aromatic nitrogens is 1. The number of benzene rings is 1. The number of pyridine rings is 1. The van der Waals surface area contributed by atoms with Gasteiger partial charge in [0.25, 0.3) is 0 Å². The largest absolute Gasteiger partial charge is 0.477 e. The van der Waals surface area contributed by atoms with Gasteiger partial charge in [0.15, 0.2) is 5.69 Å². The summed E-state index contributed by atoms with van der Waals surface area (Å²) in [5.41, 5.74) is 4.08. The van der Waals surface area contributed by atoms with Crippen molar-refractivity contribution in [3.05, 3.63) is 53.3 Å². The van der Waals surface area contributed by atoms with Crippen LogP contribution in [-0.4, -0.2) is 16.1 Å². The lowest BCUT2D eigenvalue weighted by Crippen LogP contribution is -2.03. The lowest BCUT2D eigenvalue weighted by molar-refractivity contribution is 0.0689. The van der Waals surface area contributed by atoms with Gasteiger partial charge in [0.1, 0.15) is 0 Å². The summed E-state index contributed by atoms with van der Waals surface area (Å²) in [6.07, 6.45) is 2.60. The van der Waals surface area contributed by atoms with Gasteiger partial charge in [-0.1, -0.05) is 31.2 Å². The van der Waals surface area contributed by atoms with Crippen molar-refractivity contribution in [1.82, 2.24) is 4.98 Å². The summed E-state index contributed by atoms with van der Waals surface area (Å²) >= 11 is 0. The molecule has 0 unspecified atom stereocenters. The first-order valence-corrected chi connectivity index (χ1v) is 5.91. The Bertz CT molecular complexity index is 596. The third-order valence-corrected chi connectivity index (χ3v) is 2.95. The van der Waals surface area contributed by atoms with Crippen LogP contribution in [0.4, 0.5) is 0 Å². The molecule has 1 aromatic carbocycles. The molecule has 1 heterocycles. The lowest BCUT2D eigenvalue weighted by Gasteiger charge is -2.06. The normalized spacial score (nSPS) is 9.79. The van der Waals surface area contributed by atoms with E-state index in [1.807, 2.05) is 18.2 Å². The van der Waals surface area contributed by atoms with Crippen LogP contribution >= 0.6 is 13.5 Å². The summed E-state index contributed by atoms with van der Waals surface area (Å²) < 4.78 is 0. The van der Waals surface area contributed by atoms with Crippen LogP contribution in [0.2, 0.25) is 0 Å². The first-order chi connectivity index (χ1) is 8.61. The molecule has 1 N–H and O–H groups in total. The number of hydrogen-bond acceptors (Lipinski definition) is 2. The minimum Gasteiger partial charge on any atom is -0.477 e. The molecule has 0 amide bonds. The van der Waals surface area contributed by atoms with Gasteiger partial charge in [0.2, 0.25) is 0 Å². The van der Waals surface area contributed by atoms with Crippen LogP contribution in [0.1, 0.15) is 28.5 Å². The van der Waals surface area contributed by atoms with Crippen molar-refractivity contribution < 1.29 is 9.90 Å². The zero-order valence-electron chi connectivity index (χ0n) is 11.0. The van der Waals surface area contributed by atoms with Crippen LogP contribution in [0, 0.1) is 6.92 Å². The Hall–Kier alpha value is -1.81. The predicted molar refractivity (Wildman–Crippen MR) is 81.1 cm³/mol. The number of hydrogen-bond donors (Lipinski definition) is 1. The third kappa shape index (κ3) is 3.35. The Morgan fingerprint density at radius 1 is 1.26 bits per heavy atom. The van der Waals surface area contributed by atoms with E-state index >= 15 is 0 Å². The second-order valence-corrected chi connectivity index (χ2v) is 4.25. The maximum atomic E-state index is 10.9. The van der Waals surface area contributed by atoms with Gasteiger partial charge in [0, 0.05) is 11.8 Å². The summed E-state index contributed by atoms with van der Waals surface area (Å²) in [5, 5.41) is 8.95. The van der Waals surface area contributed by atoms with Gasteiger partial charge in [-0.2, -0.15) is 13.5 Å². The zero-order valence-corrected chi connectivity index (χ0v) is 12.0.